The van der Waals surface area contributed by atoms with E-state index < -0.39 is 10.0 Å². The number of hydrogen-bond acceptors (Lipinski definition) is 4. The summed E-state index contributed by atoms with van der Waals surface area (Å²) >= 11 is 5.82. The van der Waals surface area contributed by atoms with Crippen LogP contribution in [0.1, 0.15) is 17.3 Å². The SMILES string of the molecule is [B]c1cnc(Cl)c(NS(=O)(=O)c2ccc(C(C)=O)cc2)c1. The van der Waals surface area contributed by atoms with E-state index in [4.69, 9.17) is 19.4 Å². The summed E-state index contributed by atoms with van der Waals surface area (Å²) in [7, 11) is 1.71. The molecule has 0 saturated carbocycles. The summed E-state index contributed by atoms with van der Waals surface area (Å²) in [4.78, 5) is 14.9. The van der Waals surface area contributed by atoms with Crippen LogP contribution < -0.4 is 10.2 Å². The number of pyridine rings is 1. The lowest BCUT2D eigenvalue weighted by Gasteiger charge is -2.10. The van der Waals surface area contributed by atoms with Gasteiger partial charge in [0.25, 0.3) is 10.0 Å². The van der Waals surface area contributed by atoms with E-state index in [0.29, 0.717) is 5.56 Å². The minimum Gasteiger partial charge on any atom is -0.295 e. The van der Waals surface area contributed by atoms with Crippen LogP contribution in [0.3, 0.4) is 0 Å². The van der Waals surface area contributed by atoms with Crippen LogP contribution in [-0.4, -0.2) is 27.0 Å². The highest BCUT2D eigenvalue weighted by Gasteiger charge is 2.16. The van der Waals surface area contributed by atoms with Gasteiger partial charge in [-0.25, -0.2) is 13.4 Å². The van der Waals surface area contributed by atoms with Crippen LogP contribution in [0.25, 0.3) is 0 Å². The Bertz CT molecular complexity index is 792. The molecule has 21 heavy (non-hydrogen) atoms. The number of nitrogens with zero attached hydrogens (tertiary/aromatic N) is 1. The first kappa shape index (κ1) is 15.5. The molecule has 0 atom stereocenters. The molecule has 106 valence electrons. The van der Waals surface area contributed by atoms with Gasteiger partial charge in [0, 0.05) is 11.8 Å². The van der Waals surface area contributed by atoms with Gasteiger partial charge in [0.15, 0.2) is 10.9 Å². The number of sulfonamides is 1. The maximum absolute atomic E-state index is 12.2. The zero-order valence-electron chi connectivity index (χ0n) is 11.0. The molecule has 2 radical (unpaired) electrons. The molecule has 0 unspecified atom stereocenters. The molecule has 8 heteroatoms. The molecule has 0 aliphatic rings. The molecular formula is C13H10BClN2O3S. The molecule has 2 rings (SSSR count). The van der Waals surface area contributed by atoms with Crippen molar-refractivity contribution in [3.8, 4) is 0 Å². The normalized spacial score (nSPS) is 11.1. The lowest BCUT2D eigenvalue weighted by molar-refractivity contribution is 0.101. The van der Waals surface area contributed by atoms with Crippen LogP contribution in [-0.2, 0) is 10.0 Å². The van der Waals surface area contributed by atoms with Gasteiger partial charge in [-0.1, -0.05) is 29.2 Å². The second kappa shape index (κ2) is 5.87. The lowest BCUT2D eigenvalue weighted by atomic mass is 9.99. The number of nitrogens with one attached hydrogen (secondary N) is 1. The zero-order chi connectivity index (χ0) is 15.6. The highest BCUT2D eigenvalue weighted by molar-refractivity contribution is 7.92. The van der Waals surface area contributed by atoms with Crippen LogP contribution in [0, 0.1) is 0 Å². The Labute approximate surface area is 128 Å². The minimum absolute atomic E-state index is 0.00555. The average Bonchev–Trinajstić information content (AvgIpc) is 2.43. The molecule has 0 amide bonds. The molecule has 0 saturated heterocycles. The highest BCUT2D eigenvalue weighted by atomic mass is 35.5. The van der Waals surface area contributed by atoms with Crippen molar-refractivity contribution in [1.82, 2.24) is 4.98 Å². The predicted octanol–water partition coefficient (Wildman–Crippen LogP) is 1.53. The number of rotatable bonds is 4. The second-order valence-electron chi connectivity index (χ2n) is 4.29. The fourth-order valence-electron chi connectivity index (χ4n) is 1.61. The summed E-state index contributed by atoms with van der Waals surface area (Å²) in [6.07, 6.45) is 1.32. The fraction of sp³-hybridized carbons (Fsp3) is 0.0769. The van der Waals surface area contributed by atoms with E-state index in [9.17, 15) is 13.2 Å². The summed E-state index contributed by atoms with van der Waals surface area (Å²) in [5, 5.41) is -0.00636. The van der Waals surface area contributed by atoms with Crippen LogP contribution >= 0.6 is 11.6 Å². The number of aromatic nitrogens is 1. The molecule has 0 bridgehead atoms. The molecule has 0 spiro atoms. The van der Waals surface area contributed by atoms with Crippen molar-refractivity contribution < 1.29 is 13.2 Å². The standard InChI is InChI=1S/C13H10BClN2O3S/c1-8(18)9-2-4-11(5-3-9)21(19,20)17-12-6-10(14)7-16-13(12)15/h2-7,17H,1H3. The van der Waals surface area contributed by atoms with E-state index in [1.165, 1.54) is 43.5 Å². The van der Waals surface area contributed by atoms with Gasteiger partial charge >= 0.3 is 0 Å². The van der Waals surface area contributed by atoms with Gasteiger partial charge in [0.05, 0.1) is 10.6 Å². The Hall–Kier alpha value is -1.86. The van der Waals surface area contributed by atoms with E-state index >= 15 is 0 Å². The summed E-state index contributed by atoms with van der Waals surface area (Å²) in [5.74, 6) is -0.144. The van der Waals surface area contributed by atoms with Gasteiger partial charge < -0.3 is 0 Å². The first-order valence-electron chi connectivity index (χ1n) is 5.84. The molecular weight excluding hydrogens is 310 g/mol. The quantitative estimate of drug-likeness (QED) is 0.526. The van der Waals surface area contributed by atoms with E-state index in [2.05, 4.69) is 9.71 Å². The van der Waals surface area contributed by atoms with Gasteiger partial charge in [-0.15, -0.1) is 0 Å². The van der Waals surface area contributed by atoms with Crippen molar-refractivity contribution >= 4 is 46.4 Å². The van der Waals surface area contributed by atoms with Gasteiger partial charge in [-0.3, -0.25) is 9.52 Å². The molecule has 0 aliphatic heterocycles. The van der Waals surface area contributed by atoms with Gasteiger partial charge in [0.2, 0.25) is 0 Å². The van der Waals surface area contributed by atoms with Crippen molar-refractivity contribution in [3.63, 3.8) is 0 Å². The first-order valence-corrected chi connectivity index (χ1v) is 7.70. The van der Waals surface area contributed by atoms with E-state index in [1.54, 1.807) is 0 Å². The third kappa shape index (κ3) is 3.62. The van der Waals surface area contributed by atoms with Crippen LogP contribution in [0.4, 0.5) is 5.69 Å². The van der Waals surface area contributed by atoms with E-state index in [-0.39, 0.29) is 27.0 Å². The number of anilines is 1. The number of ketones is 1. The van der Waals surface area contributed by atoms with Crippen molar-refractivity contribution in [2.24, 2.45) is 0 Å². The van der Waals surface area contributed by atoms with Gasteiger partial charge in [-0.05, 0) is 25.1 Å². The minimum atomic E-state index is -3.84. The molecule has 0 aliphatic carbocycles. The summed E-state index contributed by atoms with van der Waals surface area (Å²) in [6.45, 7) is 1.40. The van der Waals surface area contributed by atoms with Crippen molar-refractivity contribution in [3.05, 3.63) is 47.2 Å². The first-order chi connectivity index (χ1) is 9.79. The summed E-state index contributed by atoms with van der Waals surface area (Å²) in [5.41, 5.74) is 0.800. The molecule has 0 fully saturated rings. The number of Topliss-reactive ketones (excluding diaryl/α,β-unsaturated/α-hetero) is 1. The Kier molecular flexibility index (Phi) is 4.34. The van der Waals surface area contributed by atoms with Crippen LogP contribution in [0.5, 0.6) is 0 Å². The van der Waals surface area contributed by atoms with Gasteiger partial charge in [-0.2, -0.15) is 0 Å². The van der Waals surface area contributed by atoms with E-state index in [0.717, 1.165) is 0 Å². The molecule has 1 heterocycles. The highest BCUT2D eigenvalue weighted by Crippen LogP contribution is 2.21. The fourth-order valence-corrected chi connectivity index (χ4v) is 2.87. The molecule has 1 aromatic carbocycles. The monoisotopic (exact) mass is 320 g/mol. The van der Waals surface area contributed by atoms with Crippen LogP contribution in [0.15, 0.2) is 41.4 Å². The lowest BCUT2D eigenvalue weighted by Crippen LogP contribution is -2.16. The Morgan fingerprint density at radius 3 is 2.48 bits per heavy atom. The van der Waals surface area contributed by atoms with Crippen LogP contribution in [0.2, 0.25) is 5.15 Å². The third-order valence-corrected chi connectivity index (χ3v) is 4.36. The zero-order valence-corrected chi connectivity index (χ0v) is 12.6. The maximum atomic E-state index is 12.2. The van der Waals surface area contributed by atoms with Crippen molar-refractivity contribution in [2.45, 2.75) is 11.8 Å². The summed E-state index contributed by atoms with van der Waals surface area (Å²) in [6, 6.07) is 6.93. The van der Waals surface area contributed by atoms with Crippen molar-refractivity contribution in [2.75, 3.05) is 4.72 Å². The molecule has 1 aromatic heterocycles. The number of benzene rings is 1. The predicted molar refractivity (Wildman–Crippen MR) is 81.9 cm³/mol. The number of hydrogen-bond donors (Lipinski definition) is 1. The Morgan fingerprint density at radius 1 is 1.29 bits per heavy atom. The number of halogens is 1. The molecule has 1 N–H and O–H groups in total. The topological polar surface area (TPSA) is 76.1 Å². The second-order valence-corrected chi connectivity index (χ2v) is 6.33. The smallest absolute Gasteiger partial charge is 0.261 e. The number of carbonyl (C=O) groups is 1. The third-order valence-electron chi connectivity index (χ3n) is 2.68. The van der Waals surface area contributed by atoms with Crippen molar-refractivity contribution in [1.29, 1.82) is 0 Å². The molecule has 5 nitrogen and oxygen atoms in total. The van der Waals surface area contributed by atoms with E-state index in [1.807, 2.05) is 0 Å². The Morgan fingerprint density at radius 2 is 1.90 bits per heavy atom. The van der Waals surface area contributed by atoms with Gasteiger partial charge in [0.1, 0.15) is 7.85 Å². The summed E-state index contributed by atoms with van der Waals surface area (Å²) < 4.78 is 26.8. The number of carbonyl (C=O) groups excluding carboxylic acids is 1. The Balaban J connectivity index is 2.34. The average molecular weight is 321 g/mol. The maximum Gasteiger partial charge on any atom is 0.261 e. The largest absolute Gasteiger partial charge is 0.295 e. The molecule has 2 aromatic rings.